The van der Waals surface area contributed by atoms with Gasteiger partial charge in [0.15, 0.2) is 0 Å². The van der Waals surface area contributed by atoms with Crippen LogP contribution in [0.25, 0.3) is 22.4 Å². The Kier molecular flexibility index (Phi) is 4.22. The Morgan fingerprint density at radius 1 is 1.07 bits per heavy atom. The van der Waals surface area contributed by atoms with E-state index in [0.29, 0.717) is 28.1 Å². The molecule has 28 heavy (non-hydrogen) atoms. The molecule has 0 spiro atoms. The molecule has 0 bridgehead atoms. The number of nitrogens with one attached hydrogen (secondary N) is 1. The fourth-order valence-electron chi connectivity index (χ4n) is 3.28. The number of aromatic nitrogens is 4. The maximum absolute atomic E-state index is 13.1. The summed E-state index contributed by atoms with van der Waals surface area (Å²) >= 11 is 0. The zero-order chi connectivity index (χ0) is 20.0. The minimum absolute atomic E-state index is 0.232. The Labute approximate surface area is 162 Å². The van der Waals surface area contributed by atoms with Crippen LogP contribution in [0.3, 0.4) is 0 Å². The number of hydrogen-bond donors (Lipinski definition) is 1. The Bertz CT molecular complexity index is 1220. The molecule has 1 amide bonds. The first-order chi connectivity index (χ1) is 13.3. The molecule has 0 aliphatic carbocycles. The highest BCUT2D eigenvalue weighted by molar-refractivity contribution is 6.13. The topological polar surface area (TPSA) is 85.8 Å². The first-order valence-corrected chi connectivity index (χ1v) is 8.99. The summed E-state index contributed by atoms with van der Waals surface area (Å²) in [6.45, 7) is 7.76. The normalized spacial score (nSPS) is 11.2. The van der Waals surface area contributed by atoms with Crippen molar-refractivity contribution in [2.45, 2.75) is 27.7 Å². The van der Waals surface area contributed by atoms with Crippen LogP contribution in [-0.4, -0.2) is 25.8 Å². The Morgan fingerprint density at radius 2 is 1.86 bits per heavy atom. The summed E-state index contributed by atoms with van der Waals surface area (Å²) in [5.74, 6) is -0.232. The number of fused-ring (bicyclic) bond motifs is 1. The third-order valence-corrected chi connectivity index (χ3v) is 4.92. The fourth-order valence-corrected chi connectivity index (χ4v) is 3.28. The van der Waals surface area contributed by atoms with Crippen LogP contribution in [0, 0.1) is 27.7 Å². The predicted molar refractivity (Wildman–Crippen MR) is 107 cm³/mol. The van der Waals surface area contributed by atoms with E-state index in [1.807, 2.05) is 52.2 Å². The van der Waals surface area contributed by atoms with Gasteiger partial charge >= 0.3 is 0 Å². The van der Waals surface area contributed by atoms with Gasteiger partial charge in [-0.1, -0.05) is 11.2 Å². The first-order valence-electron chi connectivity index (χ1n) is 8.99. The number of hydrogen-bond acceptors (Lipinski definition) is 5. The number of anilines is 1. The van der Waals surface area contributed by atoms with Crippen molar-refractivity contribution in [3.05, 3.63) is 58.5 Å². The highest BCUT2D eigenvalue weighted by Crippen LogP contribution is 2.29. The van der Waals surface area contributed by atoms with E-state index in [2.05, 4.69) is 20.6 Å². The van der Waals surface area contributed by atoms with Crippen molar-refractivity contribution in [2.24, 2.45) is 7.05 Å². The molecule has 3 aromatic heterocycles. The van der Waals surface area contributed by atoms with Crippen molar-refractivity contribution in [2.75, 3.05) is 5.32 Å². The molecule has 7 heteroatoms. The number of rotatable bonds is 3. The van der Waals surface area contributed by atoms with Crippen molar-refractivity contribution >= 4 is 22.7 Å². The molecule has 0 aliphatic heterocycles. The second-order valence-electron chi connectivity index (χ2n) is 7.06. The van der Waals surface area contributed by atoms with Crippen LogP contribution in [0.15, 0.2) is 35.0 Å². The second kappa shape index (κ2) is 6.60. The van der Waals surface area contributed by atoms with Gasteiger partial charge in [-0.05, 0) is 57.0 Å². The van der Waals surface area contributed by atoms with Crippen molar-refractivity contribution in [1.29, 1.82) is 0 Å². The Balaban J connectivity index is 1.82. The maximum atomic E-state index is 13.1. The van der Waals surface area contributed by atoms with E-state index in [1.165, 1.54) is 5.56 Å². The fraction of sp³-hybridized carbons (Fsp3) is 0.238. The van der Waals surface area contributed by atoms with E-state index in [0.717, 1.165) is 22.5 Å². The molecular formula is C21H21N5O2. The summed E-state index contributed by atoms with van der Waals surface area (Å²) in [5.41, 5.74) is 6.76. The molecule has 0 saturated carbocycles. The monoisotopic (exact) mass is 375 g/mol. The van der Waals surface area contributed by atoms with E-state index in [1.54, 1.807) is 17.7 Å². The molecular weight excluding hydrogens is 354 g/mol. The third kappa shape index (κ3) is 3.05. The number of carbonyl (C=O) groups is 1. The quantitative estimate of drug-likeness (QED) is 0.582. The number of benzene rings is 1. The number of amides is 1. The standard InChI is InChI=1S/C21H21N5O2/c1-11-6-7-15(8-12(11)2)22-20(27)16-9-18(17-10-26(5)24-13(17)3)23-21-19(16)14(4)25-28-21/h6-10H,1-5H3,(H,22,27). The molecule has 0 saturated heterocycles. The van der Waals surface area contributed by atoms with Crippen LogP contribution in [0.5, 0.6) is 0 Å². The summed E-state index contributed by atoms with van der Waals surface area (Å²) in [4.78, 5) is 17.7. The maximum Gasteiger partial charge on any atom is 0.259 e. The molecule has 0 radical (unpaired) electrons. The summed E-state index contributed by atoms with van der Waals surface area (Å²) in [6, 6.07) is 7.61. The molecule has 0 aliphatic rings. The molecule has 3 heterocycles. The van der Waals surface area contributed by atoms with Crippen LogP contribution in [0.2, 0.25) is 0 Å². The van der Waals surface area contributed by atoms with Gasteiger partial charge in [-0.25, -0.2) is 4.98 Å². The Hall–Kier alpha value is -3.48. The number of aryl methyl sites for hydroxylation is 5. The molecule has 4 rings (SSSR count). The van der Waals surface area contributed by atoms with Crippen LogP contribution >= 0.6 is 0 Å². The van der Waals surface area contributed by atoms with E-state index in [-0.39, 0.29) is 5.91 Å². The van der Waals surface area contributed by atoms with Crippen LogP contribution in [0.4, 0.5) is 5.69 Å². The lowest BCUT2D eigenvalue weighted by atomic mass is 10.1. The van der Waals surface area contributed by atoms with Crippen LogP contribution < -0.4 is 5.32 Å². The third-order valence-electron chi connectivity index (χ3n) is 4.92. The average Bonchev–Trinajstić information content (AvgIpc) is 3.19. The van der Waals surface area contributed by atoms with Crippen LogP contribution in [-0.2, 0) is 7.05 Å². The van der Waals surface area contributed by atoms with Crippen LogP contribution in [0.1, 0.15) is 32.9 Å². The summed E-state index contributed by atoms with van der Waals surface area (Å²) in [5, 5.41) is 12.0. The number of pyridine rings is 1. The van der Waals surface area contributed by atoms with Gasteiger partial charge in [-0.15, -0.1) is 0 Å². The number of nitrogens with zero attached hydrogens (tertiary/aromatic N) is 4. The minimum Gasteiger partial charge on any atom is -0.335 e. The van der Waals surface area contributed by atoms with E-state index < -0.39 is 0 Å². The summed E-state index contributed by atoms with van der Waals surface area (Å²) in [7, 11) is 1.85. The summed E-state index contributed by atoms with van der Waals surface area (Å²) in [6.07, 6.45) is 1.87. The van der Waals surface area contributed by atoms with Gasteiger partial charge in [-0.2, -0.15) is 5.10 Å². The van der Waals surface area contributed by atoms with Gasteiger partial charge in [0.25, 0.3) is 11.6 Å². The molecule has 4 aromatic rings. The first kappa shape index (κ1) is 17.9. The highest BCUT2D eigenvalue weighted by atomic mass is 16.5. The second-order valence-corrected chi connectivity index (χ2v) is 7.06. The predicted octanol–water partition coefficient (Wildman–Crippen LogP) is 4.11. The van der Waals surface area contributed by atoms with Crippen molar-refractivity contribution in [3.63, 3.8) is 0 Å². The zero-order valence-corrected chi connectivity index (χ0v) is 16.5. The van der Waals surface area contributed by atoms with Crippen molar-refractivity contribution in [1.82, 2.24) is 19.9 Å². The number of carbonyl (C=O) groups excluding carboxylic acids is 1. The van der Waals surface area contributed by atoms with Gasteiger partial charge in [-0.3, -0.25) is 9.48 Å². The van der Waals surface area contributed by atoms with E-state index in [4.69, 9.17) is 4.52 Å². The van der Waals surface area contributed by atoms with Crippen molar-refractivity contribution in [3.8, 4) is 11.3 Å². The molecule has 0 fully saturated rings. The molecule has 1 aromatic carbocycles. The molecule has 0 atom stereocenters. The van der Waals surface area contributed by atoms with E-state index in [9.17, 15) is 4.79 Å². The lowest BCUT2D eigenvalue weighted by Crippen LogP contribution is -2.13. The highest BCUT2D eigenvalue weighted by Gasteiger charge is 2.21. The van der Waals surface area contributed by atoms with Gasteiger partial charge in [0, 0.05) is 24.5 Å². The van der Waals surface area contributed by atoms with Crippen molar-refractivity contribution < 1.29 is 9.32 Å². The summed E-state index contributed by atoms with van der Waals surface area (Å²) < 4.78 is 7.08. The van der Waals surface area contributed by atoms with Gasteiger partial charge in [0.05, 0.1) is 28.0 Å². The molecule has 0 unspecified atom stereocenters. The SMILES string of the molecule is Cc1ccc(NC(=O)c2cc(-c3cn(C)nc3C)nc3onc(C)c23)cc1C. The largest absolute Gasteiger partial charge is 0.335 e. The molecule has 142 valence electrons. The lowest BCUT2D eigenvalue weighted by molar-refractivity contribution is 0.102. The van der Waals surface area contributed by atoms with E-state index >= 15 is 0 Å². The minimum atomic E-state index is -0.232. The van der Waals surface area contributed by atoms with Gasteiger partial charge < -0.3 is 9.84 Å². The molecule has 7 nitrogen and oxygen atoms in total. The van der Waals surface area contributed by atoms with Gasteiger partial charge in [0.2, 0.25) is 0 Å². The molecule has 1 N–H and O–H groups in total. The zero-order valence-electron chi connectivity index (χ0n) is 16.5. The smallest absolute Gasteiger partial charge is 0.259 e. The lowest BCUT2D eigenvalue weighted by Gasteiger charge is -2.09. The average molecular weight is 375 g/mol. The van der Waals surface area contributed by atoms with Gasteiger partial charge in [0.1, 0.15) is 0 Å². The Morgan fingerprint density at radius 3 is 2.54 bits per heavy atom.